The lowest BCUT2D eigenvalue weighted by Crippen LogP contribution is -1.97. The van der Waals surface area contributed by atoms with E-state index in [1.54, 1.807) is 32.0 Å². The maximum Gasteiger partial charge on any atom is 0.272 e. The van der Waals surface area contributed by atoms with Crippen LogP contribution in [0.1, 0.15) is 22.3 Å². The first-order valence-electron chi connectivity index (χ1n) is 6.37. The van der Waals surface area contributed by atoms with Crippen LogP contribution in [-0.4, -0.2) is 4.92 Å². The number of nitriles is 1. The molecule has 0 N–H and O–H groups in total. The van der Waals surface area contributed by atoms with E-state index in [4.69, 9.17) is 10.00 Å². The number of ether oxygens (including phenoxy) is 1. The first-order chi connectivity index (χ1) is 9.93. The van der Waals surface area contributed by atoms with Crippen molar-refractivity contribution in [3.63, 3.8) is 0 Å². The minimum Gasteiger partial charge on any atom is -0.455 e. The lowest BCUT2D eigenvalue weighted by molar-refractivity contribution is -0.385. The van der Waals surface area contributed by atoms with Gasteiger partial charge in [0, 0.05) is 11.6 Å². The van der Waals surface area contributed by atoms with Crippen LogP contribution in [0, 0.1) is 42.2 Å². The van der Waals surface area contributed by atoms with E-state index >= 15 is 0 Å². The van der Waals surface area contributed by atoms with Gasteiger partial charge in [-0.05, 0) is 44.0 Å². The molecule has 2 rings (SSSR count). The molecule has 106 valence electrons. The van der Waals surface area contributed by atoms with Gasteiger partial charge in [-0.25, -0.2) is 0 Å². The molecule has 0 saturated carbocycles. The minimum atomic E-state index is -0.416. The highest BCUT2D eigenvalue weighted by Crippen LogP contribution is 2.34. The molecule has 0 heterocycles. The summed E-state index contributed by atoms with van der Waals surface area (Å²) in [5, 5.41) is 20.1. The van der Waals surface area contributed by atoms with Crippen LogP contribution >= 0.6 is 0 Å². The van der Waals surface area contributed by atoms with Gasteiger partial charge in [0.25, 0.3) is 5.69 Å². The van der Waals surface area contributed by atoms with Gasteiger partial charge in [-0.3, -0.25) is 10.1 Å². The summed E-state index contributed by atoms with van der Waals surface area (Å²) in [5.74, 6) is 1.00. The normalized spacial score (nSPS) is 10.0. The van der Waals surface area contributed by atoms with Crippen LogP contribution in [-0.2, 0) is 0 Å². The van der Waals surface area contributed by atoms with Crippen molar-refractivity contribution in [2.45, 2.75) is 20.8 Å². The highest BCUT2D eigenvalue weighted by atomic mass is 16.6. The Balaban J connectivity index is 2.49. The Morgan fingerprint density at radius 2 is 1.86 bits per heavy atom. The van der Waals surface area contributed by atoms with Crippen molar-refractivity contribution in [2.24, 2.45) is 0 Å². The second-order valence-electron chi connectivity index (χ2n) is 4.83. The summed E-state index contributed by atoms with van der Waals surface area (Å²) in [7, 11) is 0. The zero-order valence-electron chi connectivity index (χ0n) is 12.0. The lowest BCUT2D eigenvalue weighted by atomic mass is 10.1. The predicted molar refractivity (Wildman–Crippen MR) is 78.5 cm³/mol. The summed E-state index contributed by atoms with van der Waals surface area (Å²) in [6, 6.07) is 10.5. The van der Waals surface area contributed by atoms with Crippen molar-refractivity contribution < 1.29 is 9.66 Å². The number of nitro benzene ring substituents is 1. The van der Waals surface area contributed by atoms with Crippen molar-refractivity contribution in [3.8, 4) is 17.6 Å². The topological polar surface area (TPSA) is 76.2 Å². The molecule has 21 heavy (non-hydrogen) atoms. The van der Waals surface area contributed by atoms with Crippen LogP contribution in [0.2, 0.25) is 0 Å². The lowest BCUT2D eigenvalue weighted by Gasteiger charge is -2.13. The number of benzene rings is 2. The van der Waals surface area contributed by atoms with Crippen molar-refractivity contribution >= 4 is 5.69 Å². The van der Waals surface area contributed by atoms with E-state index in [2.05, 4.69) is 6.07 Å². The summed E-state index contributed by atoms with van der Waals surface area (Å²) in [4.78, 5) is 10.5. The van der Waals surface area contributed by atoms with Gasteiger partial charge in [0.15, 0.2) is 0 Å². The van der Waals surface area contributed by atoms with Crippen molar-refractivity contribution in [3.05, 3.63) is 62.7 Å². The Labute approximate surface area is 122 Å². The number of nitro groups is 1. The van der Waals surface area contributed by atoms with Crippen LogP contribution in [0.3, 0.4) is 0 Å². The van der Waals surface area contributed by atoms with Gasteiger partial charge in [-0.1, -0.05) is 12.1 Å². The summed E-state index contributed by atoms with van der Waals surface area (Å²) >= 11 is 0. The standard InChI is InChI=1S/C16H14N2O3/c1-10-5-4-6-13(9-17)16(10)21-15-8-11(2)14(18(19)20)7-12(15)3/h4-8H,1-3H3. The largest absolute Gasteiger partial charge is 0.455 e. The van der Waals surface area contributed by atoms with Gasteiger partial charge < -0.3 is 4.74 Å². The molecule has 0 atom stereocenters. The van der Waals surface area contributed by atoms with Gasteiger partial charge in [0.1, 0.15) is 17.6 Å². The molecule has 2 aromatic rings. The molecule has 0 aliphatic heterocycles. The SMILES string of the molecule is Cc1cc([N+](=O)[O-])c(C)cc1Oc1c(C)cccc1C#N. The molecule has 0 unspecified atom stereocenters. The van der Waals surface area contributed by atoms with Crippen molar-refractivity contribution in [2.75, 3.05) is 0 Å². The molecule has 0 fully saturated rings. The monoisotopic (exact) mass is 282 g/mol. The quantitative estimate of drug-likeness (QED) is 0.625. The van der Waals surface area contributed by atoms with Gasteiger partial charge in [-0.2, -0.15) is 5.26 Å². The Morgan fingerprint density at radius 1 is 1.14 bits per heavy atom. The second-order valence-corrected chi connectivity index (χ2v) is 4.83. The average molecular weight is 282 g/mol. The summed E-state index contributed by atoms with van der Waals surface area (Å²) in [5.41, 5.74) is 2.51. The van der Waals surface area contributed by atoms with Crippen LogP contribution in [0.25, 0.3) is 0 Å². The molecule has 0 aliphatic carbocycles. The Morgan fingerprint density at radius 3 is 2.48 bits per heavy atom. The highest BCUT2D eigenvalue weighted by Gasteiger charge is 2.16. The number of nitrogens with zero attached hydrogens (tertiary/aromatic N) is 2. The van der Waals surface area contributed by atoms with Gasteiger partial charge in [0.05, 0.1) is 10.5 Å². The maximum atomic E-state index is 10.9. The molecule has 0 radical (unpaired) electrons. The number of hydrogen-bond donors (Lipinski definition) is 0. The third-order valence-electron chi connectivity index (χ3n) is 3.23. The molecule has 2 aromatic carbocycles. The summed E-state index contributed by atoms with van der Waals surface area (Å²) in [6.07, 6.45) is 0. The van der Waals surface area contributed by atoms with Crippen LogP contribution < -0.4 is 4.74 Å². The first-order valence-corrected chi connectivity index (χ1v) is 6.37. The van der Waals surface area contributed by atoms with E-state index in [-0.39, 0.29) is 5.69 Å². The average Bonchev–Trinajstić information content (AvgIpc) is 2.44. The molecule has 0 amide bonds. The number of para-hydroxylation sites is 1. The molecule has 5 heteroatoms. The maximum absolute atomic E-state index is 10.9. The molecule has 0 bridgehead atoms. The molecule has 0 spiro atoms. The number of hydrogen-bond acceptors (Lipinski definition) is 4. The van der Waals surface area contributed by atoms with Crippen LogP contribution in [0.4, 0.5) is 5.69 Å². The van der Waals surface area contributed by atoms with Crippen molar-refractivity contribution in [1.29, 1.82) is 5.26 Å². The summed E-state index contributed by atoms with van der Waals surface area (Å²) in [6.45, 7) is 5.25. The molecule has 5 nitrogen and oxygen atoms in total. The molecule has 0 aromatic heterocycles. The van der Waals surface area contributed by atoms with E-state index in [0.717, 1.165) is 5.56 Å². The van der Waals surface area contributed by atoms with Gasteiger partial charge in [-0.15, -0.1) is 0 Å². The van der Waals surface area contributed by atoms with Gasteiger partial charge in [0.2, 0.25) is 0 Å². The zero-order valence-corrected chi connectivity index (χ0v) is 12.0. The van der Waals surface area contributed by atoms with E-state index in [1.807, 2.05) is 13.0 Å². The Bertz CT molecular complexity index is 761. The molecule has 0 aliphatic rings. The van der Waals surface area contributed by atoms with E-state index in [0.29, 0.717) is 28.2 Å². The first kappa shape index (κ1) is 14.5. The van der Waals surface area contributed by atoms with Gasteiger partial charge >= 0.3 is 0 Å². The third kappa shape index (κ3) is 2.84. The zero-order chi connectivity index (χ0) is 15.6. The van der Waals surface area contributed by atoms with Crippen LogP contribution in [0.15, 0.2) is 30.3 Å². The number of aryl methyl sites for hydroxylation is 3. The Hall–Kier alpha value is -2.87. The van der Waals surface area contributed by atoms with E-state index in [9.17, 15) is 10.1 Å². The molecule has 0 saturated heterocycles. The molecular formula is C16H14N2O3. The summed E-state index contributed by atoms with van der Waals surface area (Å²) < 4.78 is 5.83. The van der Waals surface area contributed by atoms with E-state index < -0.39 is 4.92 Å². The second kappa shape index (κ2) is 5.63. The van der Waals surface area contributed by atoms with Crippen LogP contribution in [0.5, 0.6) is 11.5 Å². The fraction of sp³-hybridized carbons (Fsp3) is 0.188. The van der Waals surface area contributed by atoms with Crippen molar-refractivity contribution in [1.82, 2.24) is 0 Å². The van der Waals surface area contributed by atoms with E-state index in [1.165, 1.54) is 6.07 Å². The fourth-order valence-corrected chi connectivity index (χ4v) is 2.07. The fourth-order valence-electron chi connectivity index (χ4n) is 2.07. The third-order valence-corrected chi connectivity index (χ3v) is 3.23. The minimum absolute atomic E-state index is 0.0603. The number of rotatable bonds is 3. The predicted octanol–water partition coefficient (Wildman–Crippen LogP) is 4.18. The molecular weight excluding hydrogens is 268 g/mol. The Kier molecular flexibility index (Phi) is 3.90. The highest BCUT2D eigenvalue weighted by molar-refractivity contribution is 5.54. The smallest absolute Gasteiger partial charge is 0.272 e.